The first-order chi connectivity index (χ1) is 13.2. The number of halogens is 2. The molecule has 2 N–H and O–H groups in total. The largest absolute Gasteiger partial charge is 0.514 e. The number of fused-ring (bicyclic) bond motifs is 1. The molecule has 0 radical (unpaired) electrons. The smallest absolute Gasteiger partial charge is 0.431 e. The van der Waals surface area contributed by atoms with E-state index in [9.17, 15) is 18.8 Å². The highest BCUT2D eigenvalue weighted by molar-refractivity contribution is 7.11. The Morgan fingerprint density at radius 1 is 1.32 bits per heavy atom. The molecule has 1 aliphatic rings. The molecule has 0 aliphatic carbocycles. The first-order valence-electron chi connectivity index (χ1n) is 8.00. The summed E-state index contributed by atoms with van der Waals surface area (Å²) in [5.74, 6) is -1.85. The number of rotatable bonds is 3. The van der Waals surface area contributed by atoms with Crippen LogP contribution in [0.2, 0.25) is 5.02 Å². The van der Waals surface area contributed by atoms with E-state index in [1.807, 2.05) is 0 Å². The van der Waals surface area contributed by atoms with Crippen molar-refractivity contribution in [3.05, 3.63) is 50.9 Å². The second kappa shape index (κ2) is 7.61. The molecular weight excluding hydrogens is 411 g/mol. The van der Waals surface area contributed by atoms with Crippen LogP contribution >= 0.6 is 22.9 Å². The molecular formula is C18H14ClFN2O5S. The predicted octanol–water partition coefficient (Wildman–Crippen LogP) is 4.40. The molecule has 0 fully saturated rings. The van der Waals surface area contributed by atoms with Gasteiger partial charge in [0.15, 0.2) is 5.76 Å². The van der Waals surface area contributed by atoms with Gasteiger partial charge < -0.3 is 15.2 Å². The van der Waals surface area contributed by atoms with Gasteiger partial charge in [-0.3, -0.25) is 4.79 Å². The fourth-order valence-electron chi connectivity index (χ4n) is 2.63. The van der Waals surface area contributed by atoms with Gasteiger partial charge in [0.25, 0.3) is 5.91 Å². The lowest BCUT2D eigenvalue weighted by Gasteiger charge is -2.13. The standard InChI is InChI=1S/C18H14ClFN2O5S/c1-8(2)26-18(25)27-15(13-4-3-5-28-13)14-9-6-11(20)10(19)7-12(9)22(16(14)23)17(21)24/h3-8H,1-2H3,(H2,21,24)/b15-14+. The summed E-state index contributed by atoms with van der Waals surface area (Å²) in [7, 11) is 0. The van der Waals surface area contributed by atoms with Gasteiger partial charge in [0.05, 0.1) is 27.3 Å². The number of urea groups is 1. The van der Waals surface area contributed by atoms with Crippen LogP contribution in [0, 0.1) is 5.82 Å². The maximum absolute atomic E-state index is 14.1. The van der Waals surface area contributed by atoms with Crippen molar-refractivity contribution >= 4 is 58.1 Å². The van der Waals surface area contributed by atoms with Crippen molar-refractivity contribution in [2.75, 3.05) is 4.90 Å². The Bertz CT molecular complexity index is 1000. The van der Waals surface area contributed by atoms with Gasteiger partial charge in [-0.2, -0.15) is 0 Å². The van der Waals surface area contributed by atoms with Gasteiger partial charge in [-0.15, -0.1) is 11.3 Å². The van der Waals surface area contributed by atoms with Crippen LogP contribution in [-0.2, 0) is 14.3 Å². The third-order valence-corrected chi connectivity index (χ3v) is 4.83. The third kappa shape index (κ3) is 3.58. The van der Waals surface area contributed by atoms with Crippen molar-refractivity contribution < 1.29 is 28.2 Å². The molecule has 10 heteroatoms. The number of nitrogens with zero attached hydrogens (tertiary/aromatic N) is 1. The van der Waals surface area contributed by atoms with Crippen molar-refractivity contribution in [2.45, 2.75) is 20.0 Å². The zero-order valence-corrected chi connectivity index (χ0v) is 16.3. The number of hydrogen-bond acceptors (Lipinski definition) is 6. The second-order valence-electron chi connectivity index (χ2n) is 5.96. The first-order valence-corrected chi connectivity index (χ1v) is 9.26. The highest BCUT2D eigenvalue weighted by Crippen LogP contribution is 2.44. The molecule has 0 spiro atoms. The number of amides is 3. The Balaban J connectivity index is 2.25. The number of hydrogen-bond donors (Lipinski definition) is 1. The second-order valence-corrected chi connectivity index (χ2v) is 7.32. The lowest BCUT2D eigenvalue weighted by molar-refractivity contribution is -0.112. The number of ether oxygens (including phenoxy) is 2. The molecule has 1 aromatic carbocycles. The quantitative estimate of drug-likeness (QED) is 0.447. The number of benzene rings is 1. The van der Waals surface area contributed by atoms with Crippen molar-refractivity contribution in [3.8, 4) is 0 Å². The van der Waals surface area contributed by atoms with Crippen LogP contribution in [0.4, 0.5) is 19.7 Å². The number of thiophene rings is 1. The predicted molar refractivity (Wildman–Crippen MR) is 102 cm³/mol. The topological polar surface area (TPSA) is 98.9 Å². The van der Waals surface area contributed by atoms with E-state index in [2.05, 4.69) is 0 Å². The zero-order valence-electron chi connectivity index (χ0n) is 14.7. The van der Waals surface area contributed by atoms with E-state index in [1.165, 1.54) is 11.3 Å². The van der Waals surface area contributed by atoms with Gasteiger partial charge in [0.2, 0.25) is 0 Å². The summed E-state index contributed by atoms with van der Waals surface area (Å²) in [4.78, 5) is 37.9. The normalized spacial score (nSPS) is 14.9. The van der Waals surface area contributed by atoms with Crippen molar-refractivity contribution in [1.82, 2.24) is 0 Å². The Morgan fingerprint density at radius 3 is 2.61 bits per heavy atom. The average molecular weight is 425 g/mol. The van der Waals surface area contributed by atoms with Crippen LogP contribution in [0.1, 0.15) is 24.3 Å². The number of primary amides is 1. The minimum absolute atomic E-state index is 0.00576. The molecule has 0 saturated heterocycles. The summed E-state index contributed by atoms with van der Waals surface area (Å²) in [6, 6.07) is 4.28. The van der Waals surface area contributed by atoms with Gasteiger partial charge in [-0.1, -0.05) is 17.7 Å². The highest BCUT2D eigenvalue weighted by atomic mass is 35.5. The van der Waals surface area contributed by atoms with Crippen molar-refractivity contribution in [2.24, 2.45) is 5.73 Å². The lowest BCUT2D eigenvalue weighted by atomic mass is 10.0. The average Bonchev–Trinajstić information content (AvgIpc) is 3.19. The number of anilines is 1. The summed E-state index contributed by atoms with van der Waals surface area (Å²) in [5.41, 5.74) is 5.13. The van der Waals surface area contributed by atoms with Crippen LogP contribution in [0.25, 0.3) is 11.3 Å². The molecule has 0 unspecified atom stereocenters. The minimum Gasteiger partial charge on any atom is -0.431 e. The van der Waals surface area contributed by atoms with E-state index >= 15 is 0 Å². The van der Waals surface area contributed by atoms with Gasteiger partial charge in [-0.25, -0.2) is 18.9 Å². The Hall–Kier alpha value is -2.91. The van der Waals surface area contributed by atoms with Crippen LogP contribution in [0.3, 0.4) is 0 Å². The molecule has 1 aliphatic heterocycles. The van der Waals surface area contributed by atoms with Gasteiger partial charge >= 0.3 is 12.2 Å². The van der Waals surface area contributed by atoms with Crippen molar-refractivity contribution in [3.63, 3.8) is 0 Å². The summed E-state index contributed by atoms with van der Waals surface area (Å²) in [5, 5.41) is 1.40. The van der Waals surface area contributed by atoms with Gasteiger partial charge in [0, 0.05) is 5.56 Å². The summed E-state index contributed by atoms with van der Waals surface area (Å²) in [6.07, 6.45) is -1.51. The molecule has 3 rings (SSSR count). The van der Waals surface area contributed by atoms with E-state index < -0.39 is 30.0 Å². The molecule has 3 amide bonds. The van der Waals surface area contributed by atoms with E-state index in [0.29, 0.717) is 9.78 Å². The lowest BCUT2D eigenvalue weighted by Crippen LogP contribution is -2.38. The first kappa shape index (κ1) is 19.8. The fourth-order valence-corrected chi connectivity index (χ4v) is 3.50. The molecule has 146 valence electrons. The van der Waals surface area contributed by atoms with Crippen LogP contribution in [0.5, 0.6) is 0 Å². The molecule has 7 nitrogen and oxygen atoms in total. The van der Waals surface area contributed by atoms with E-state index in [1.54, 1.807) is 31.4 Å². The monoisotopic (exact) mass is 424 g/mol. The van der Waals surface area contributed by atoms with Gasteiger partial charge in [-0.05, 0) is 37.4 Å². The third-order valence-electron chi connectivity index (χ3n) is 3.68. The Kier molecular flexibility index (Phi) is 5.39. The highest BCUT2D eigenvalue weighted by Gasteiger charge is 2.40. The number of nitrogens with two attached hydrogens (primary N) is 1. The maximum atomic E-state index is 14.1. The molecule has 2 aromatic rings. The summed E-state index contributed by atoms with van der Waals surface area (Å²) >= 11 is 6.97. The van der Waals surface area contributed by atoms with Gasteiger partial charge in [0.1, 0.15) is 5.82 Å². The van der Waals surface area contributed by atoms with Crippen LogP contribution in [0.15, 0.2) is 29.6 Å². The zero-order chi connectivity index (χ0) is 20.6. The molecule has 1 aromatic heterocycles. The Morgan fingerprint density at radius 2 is 2.04 bits per heavy atom. The maximum Gasteiger partial charge on any atom is 0.514 e. The van der Waals surface area contributed by atoms with Crippen molar-refractivity contribution in [1.29, 1.82) is 0 Å². The van der Waals surface area contributed by atoms with E-state index in [4.69, 9.17) is 26.8 Å². The van der Waals surface area contributed by atoms with E-state index in [-0.39, 0.29) is 27.6 Å². The molecule has 28 heavy (non-hydrogen) atoms. The van der Waals surface area contributed by atoms with Crippen LogP contribution < -0.4 is 10.6 Å². The fraction of sp³-hybridized carbons (Fsp3) is 0.167. The number of carbonyl (C=O) groups excluding carboxylic acids is 3. The molecule has 0 bridgehead atoms. The molecule has 0 atom stereocenters. The summed E-state index contributed by atoms with van der Waals surface area (Å²) < 4.78 is 24.4. The van der Waals surface area contributed by atoms with E-state index in [0.717, 1.165) is 12.1 Å². The number of carbonyl (C=O) groups is 3. The summed E-state index contributed by atoms with van der Waals surface area (Å²) in [6.45, 7) is 3.25. The van der Waals surface area contributed by atoms with Crippen LogP contribution in [-0.4, -0.2) is 24.2 Å². The minimum atomic E-state index is -1.08. The number of imide groups is 1. The molecule has 0 saturated carbocycles. The molecule has 2 heterocycles. The Labute approximate surface area is 168 Å². The SMILES string of the molecule is CC(C)OC(=O)O/C(=C1/C(=O)N(C(N)=O)c2cc(Cl)c(F)cc21)c1cccs1.